The van der Waals surface area contributed by atoms with Crippen molar-refractivity contribution in [3.05, 3.63) is 267 Å². The van der Waals surface area contributed by atoms with E-state index in [9.17, 15) is 0 Å². The summed E-state index contributed by atoms with van der Waals surface area (Å²) >= 11 is 0. The Hall–Kier alpha value is -10.3. The first-order chi connectivity index (χ1) is 37.7. The molecule has 0 aliphatic carbocycles. The number of anilines is 6. The Morgan fingerprint density at radius 3 is 0.974 bits per heavy atom. The van der Waals surface area contributed by atoms with Crippen molar-refractivity contribution in [1.29, 1.82) is 0 Å². The van der Waals surface area contributed by atoms with Crippen molar-refractivity contribution in [2.45, 2.75) is 0 Å². The highest BCUT2D eigenvalue weighted by atomic mass is 16.3. The summed E-state index contributed by atoms with van der Waals surface area (Å²) in [5, 5.41) is 11.4. The second-order valence-electron chi connectivity index (χ2n) is 19.7. The number of hydrogen-bond donors (Lipinski definition) is 0. The van der Waals surface area contributed by atoms with E-state index in [1.54, 1.807) is 0 Å². The SMILES string of the molecule is c1ccc(N(c2ccc3c(c2)oc2ccc4c(ccc5oc6cc(N(c7ccccc7)c7ccc8c9ccccc9n(-c9ccccc9)c8c7)ccc6c54)c23)c2ccc3c4ccccc4n(-c4ccccc4)c3c2)cc1. The molecule has 76 heavy (non-hydrogen) atoms. The summed E-state index contributed by atoms with van der Waals surface area (Å²) in [6.07, 6.45) is 0. The molecule has 356 valence electrons. The van der Waals surface area contributed by atoms with Crippen molar-refractivity contribution >= 4 is 132 Å². The van der Waals surface area contributed by atoms with Crippen LogP contribution in [-0.4, -0.2) is 9.13 Å². The number of furan rings is 2. The van der Waals surface area contributed by atoms with Crippen LogP contribution in [0.3, 0.4) is 0 Å². The molecule has 0 spiro atoms. The molecular weight excluding hydrogens is 929 g/mol. The van der Waals surface area contributed by atoms with E-state index in [1.807, 2.05) is 0 Å². The molecule has 0 bridgehead atoms. The molecule has 4 heterocycles. The molecule has 0 fully saturated rings. The Bertz CT molecular complexity index is 4620. The normalized spacial score (nSPS) is 11.9. The summed E-state index contributed by atoms with van der Waals surface area (Å²) in [5.74, 6) is 0. The maximum atomic E-state index is 6.83. The molecule has 0 radical (unpaired) electrons. The molecule has 0 atom stereocenters. The molecule has 16 rings (SSSR count). The van der Waals surface area contributed by atoms with E-state index in [4.69, 9.17) is 8.83 Å². The second-order valence-corrected chi connectivity index (χ2v) is 19.7. The van der Waals surface area contributed by atoms with Gasteiger partial charge in [0.05, 0.1) is 22.1 Å². The van der Waals surface area contributed by atoms with Gasteiger partial charge < -0.3 is 27.8 Å². The first kappa shape index (κ1) is 42.2. The summed E-state index contributed by atoms with van der Waals surface area (Å²) in [6, 6.07) is 95.4. The van der Waals surface area contributed by atoms with Crippen LogP contribution in [0.5, 0.6) is 0 Å². The van der Waals surface area contributed by atoms with E-state index in [1.165, 1.54) is 32.6 Å². The lowest BCUT2D eigenvalue weighted by Crippen LogP contribution is -2.10. The van der Waals surface area contributed by atoms with Crippen LogP contribution in [0.1, 0.15) is 0 Å². The van der Waals surface area contributed by atoms with Crippen LogP contribution in [0.2, 0.25) is 0 Å². The number of aromatic nitrogens is 2. The van der Waals surface area contributed by atoms with Gasteiger partial charge in [-0.2, -0.15) is 0 Å². The maximum absolute atomic E-state index is 6.83. The monoisotopic (exact) mass is 972 g/mol. The molecule has 12 aromatic carbocycles. The van der Waals surface area contributed by atoms with Gasteiger partial charge in [0.15, 0.2) is 0 Å². The summed E-state index contributed by atoms with van der Waals surface area (Å²) in [6.45, 7) is 0. The van der Waals surface area contributed by atoms with E-state index >= 15 is 0 Å². The van der Waals surface area contributed by atoms with Crippen molar-refractivity contribution in [3.63, 3.8) is 0 Å². The lowest BCUT2D eigenvalue weighted by molar-refractivity contribution is 0.668. The number of rotatable bonds is 8. The molecule has 6 heteroatoms. The molecule has 0 amide bonds. The second kappa shape index (κ2) is 16.6. The van der Waals surface area contributed by atoms with Gasteiger partial charge in [-0.3, -0.25) is 0 Å². The molecule has 16 aromatic rings. The summed E-state index contributed by atoms with van der Waals surface area (Å²) in [7, 11) is 0. The Balaban J connectivity index is 0.821. The van der Waals surface area contributed by atoms with Gasteiger partial charge in [-0.25, -0.2) is 0 Å². The summed E-state index contributed by atoms with van der Waals surface area (Å²) < 4.78 is 18.4. The van der Waals surface area contributed by atoms with Crippen molar-refractivity contribution < 1.29 is 8.83 Å². The van der Waals surface area contributed by atoms with E-state index in [2.05, 4.69) is 286 Å². The van der Waals surface area contributed by atoms with Gasteiger partial charge in [-0.1, -0.05) is 121 Å². The topological polar surface area (TPSA) is 42.6 Å². The third kappa shape index (κ3) is 6.41. The highest BCUT2D eigenvalue weighted by molar-refractivity contribution is 6.28. The average Bonchev–Trinajstić information content (AvgIpc) is 4.31. The van der Waals surface area contributed by atoms with E-state index in [0.29, 0.717) is 0 Å². The zero-order valence-electron chi connectivity index (χ0n) is 41.0. The molecule has 0 saturated heterocycles. The maximum Gasteiger partial charge on any atom is 0.137 e. The zero-order chi connectivity index (χ0) is 49.8. The summed E-state index contributed by atoms with van der Waals surface area (Å²) in [5.41, 5.74) is 16.5. The fourth-order valence-corrected chi connectivity index (χ4v) is 12.2. The van der Waals surface area contributed by atoms with Crippen molar-refractivity contribution in [1.82, 2.24) is 9.13 Å². The first-order valence-electron chi connectivity index (χ1n) is 25.8. The molecule has 0 aliphatic rings. The molecule has 0 aliphatic heterocycles. The van der Waals surface area contributed by atoms with Gasteiger partial charge in [0.25, 0.3) is 0 Å². The Labute approximate surface area is 436 Å². The fourth-order valence-electron chi connectivity index (χ4n) is 12.2. The molecule has 0 N–H and O–H groups in total. The lowest BCUT2D eigenvalue weighted by Gasteiger charge is -2.25. The fraction of sp³-hybridized carbons (Fsp3) is 0. The van der Waals surface area contributed by atoms with Crippen molar-refractivity contribution in [3.8, 4) is 11.4 Å². The highest BCUT2D eigenvalue weighted by Crippen LogP contribution is 2.46. The minimum Gasteiger partial charge on any atom is -0.456 e. The van der Waals surface area contributed by atoms with Gasteiger partial charge in [0.2, 0.25) is 0 Å². The quantitative estimate of drug-likeness (QED) is 0.152. The number of para-hydroxylation sites is 6. The van der Waals surface area contributed by atoms with Crippen molar-refractivity contribution in [2.24, 2.45) is 0 Å². The van der Waals surface area contributed by atoms with Crippen LogP contribution in [0.4, 0.5) is 34.1 Å². The third-order valence-electron chi connectivity index (χ3n) is 15.4. The molecule has 0 saturated carbocycles. The zero-order valence-corrected chi connectivity index (χ0v) is 41.0. The number of hydrogen-bond acceptors (Lipinski definition) is 4. The molecule has 6 nitrogen and oxygen atoms in total. The largest absolute Gasteiger partial charge is 0.456 e. The van der Waals surface area contributed by atoms with E-state index < -0.39 is 0 Å². The number of nitrogens with zero attached hydrogens (tertiary/aromatic N) is 4. The first-order valence-corrected chi connectivity index (χ1v) is 25.8. The number of fused-ring (bicyclic) bond motifs is 15. The van der Waals surface area contributed by atoms with Gasteiger partial charge in [0, 0.05) is 101 Å². The minimum absolute atomic E-state index is 0.825. The van der Waals surface area contributed by atoms with Gasteiger partial charge >= 0.3 is 0 Å². The standard InChI is InChI=1S/C70H44N4O2/c1-5-17-45(18-6-1)71(49-29-33-55-53-25-13-15-27-61(53)73(63(55)41-49)47-21-9-3-10-22-47)51-31-35-59-67(43-51)75-65-39-37-58-57(69(59)65)38-40-66-70(58)60-36-32-52(44-68(60)76-66)72(46-19-7-2-8-20-46)50-30-34-56-54-26-14-16-28-62(54)74(64(56)42-50)48-23-11-4-12-24-48/h1-44H. The smallest absolute Gasteiger partial charge is 0.137 e. The molecule has 0 unspecified atom stereocenters. The Kier molecular flexibility index (Phi) is 9.23. The minimum atomic E-state index is 0.825. The Morgan fingerprint density at radius 2 is 0.553 bits per heavy atom. The predicted octanol–water partition coefficient (Wildman–Crippen LogP) is 19.8. The molecular formula is C70H44N4O2. The van der Waals surface area contributed by atoms with E-state index in [0.717, 1.165) is 111 Å². The van der Waals surface area contributed by atoms with E-state index in [-0.39, 0.29) is 0 Å². The highest BCUT2D eigenvalue weighted by Gasteiger charge is 2.23. The van der Waals surface area contributed by atoms with Crippen LogP contribution in [0.25, 0.3) is 110 Å². The van der Waals surface area contributed by atoms with Crippen molar-refractivity contribution in [2.75, 3.05) is 9.80 Å². The van der Waals surface area contributed by atoms with Crippen LogP contribution in [0.15, 0.2) is 276 Å². The molecule has 4 aromatic heterocycles. The third-order valence-corrected chi connectivity index (χ3v) is 15.4. The van der Waals surface area contributed by atoms with Gasteiger partial charge in [-0.15, -0.1) is 0 Å². The average molecular weight is 973 g/mol. The van der Waals surface area contributed by atoms with Gasteiger partial charge in [0.1, 0.15) is 22.3 Å². The predicted molar refractivity (Wildman–Crippen MR) is 317 cm³/mol. The summed E-state index contributed by atoms with van der Waals surface area (Å²) in [4.78, 5) is 4.66. The van der Waals surface area contributed by atoms with Crippen LogP contribution < -0.4 is 9.80 Å². The van der Waals surface area contributed by atoms with Crippen LogP contribution >= 0.6 is 0 Å². The van der Waals surface area contributed by atoms with Crippen LogP contribution in [-0.2, 0) is 0 Å². The van der Waals surface area contributed by atoms with Gasteiger partial charge in [-0.05, 0) is 144 Å². The lowest BCUT2D eigenvalue weighted by atomic mass is 9.99. The number of benzene rings is 12. The Morgan fingerprint density at radius 1 is 0.224 bits per heavy atom. The van der Waals surface area contributed by atoms with Crippen LogP contribution in [0, 0.1) is 0 Å².